The maximum atomic E-state index is 12.7. The van der Waals surface area contributed by atoms with E-state index in [0.29, 0.717) is 19.8 Å². The molecule has 0 aromatic heterocycles. The molecule has 0 fully saturated rings. The van der Waals surface area contributed by atoms with E-state index in [2.05, 4.69) is 4.99 Å². The van der Waals surface area contributed by atoms with E-state index in [0.717, 1.165) is 0 Å². The number of rotatable bonds is 8. The van der Waals surface area contributed by atoms with Crippen molar-refractivity contribution < 1.29 is 22.3 Å². The number of benzene rings is 3. The van der Waals surface area contributed by atoms with Crippen LogP contribution in [0.5, 0.6) is 11.5 Å². The van der Waals surface area contributed by atoms with Gasteiger partial charge in [0.15, 0.2) is 11.5 Å². The van der Waals surface area contributed by atoms with Crippen molar-refractivity contribution in [3.63, 3.8) is 0 Å². The summed E-state index contributed by atoms with van der Waals surface area (Å²) in [5.41, 5.74) is 1.13. The third-order valence-corrected chi connectivity index (χ3v) is 6.34. The smallest absolute Gasteiger partial charge is 0.339 e. The molecule has 0 spiro atoms. The standard InChI is InChI=1S/C21H16ClIN2O6S/c1-2-30-20-12-14(13-24-16-5-7-17(8-6-16)25(26)27)11-19(23)21(20)31-32(28,29)18-9-3-15(22)4-10-18/h3-13H,2H2,1H3. The van der Waals surface area contributed by atoms with Crippen LogP contribution in [0, 0.1) is 13.7 Å². The fourth-order valence-corrected chi connectivity index (χ4v) is 4.54. The van der Waals surface area contributed by atoms with Crippen molar-refractivity contribution in [1.29, 1.82) is 0 Å². The Kier molecular flexibility index (Phi) is 7.69. The van der Waals surface area contributed by atoms with Crippen molar-refractivity contribution in [3.8, 4) is 11.5 Å². The molecule has 3 aromatic carbocycles. The highest BCUT2D eigenvalue weighted by atomic mass is 127. The van der Waals surface area contributed by atoms with Gasteiger partial charge in [0.25, 0.3) is 5.69 Å². The number of halogens is 2. The summed E-state index contributed by atoms with van der Waals surface area (Å²) < 4.78 is 36.9. The number of nitro benzene ring substituents is 1. The third kappa shape index (κ3) is 5.96. The molecule has 8 nitrogen and oxygen atoms in total. The van der Waals surface area contributed by atoms with Gasteiger partial charge >= 0.3 is 10.1 Å². The van der Waals surface area contributed by atoms with Crippen LogP contribution in [0.1, 0.15) is 12.5 Å². The minimum atomic E-state index is -4.10. The first kappa shape index (κ1) is 24.0. The van der Waals surface area contributed by atoms with E-state index in [1.165, 1.54) is 48.5 Å². The van der Waals surface area contributed by atoms with E-state index in [-0.39, 0.29) is 28.7 Å². The molecule has 0 aliphatic rings. The molecular weight excluding hydrogens is 571 g/mol. The van der Waals surface area contributed by atoms with Crippen molar-refractivity contribution in [1.82, 2.24) is 0 Å². The average molecular weight is 587 g/mol. The zero-order valence-corrected chi connectivity index (χ0v) is 20.3. The van der Waals surface area contributed by atoms with Crippen LogP contribution in [0.3, 0.4) is 0 Å². The molecule has 11 heteroatoms. The zero-order chi connectivity index (χ0) is 23.3. The number of nitrogens with zero attached hydrogens (tertiary/aromatic N) is 2. The Morgan fingerprint density at radius 1 is 1.12 bits per heavy atom. The largest absolute Gasteiger partial charge is 0.490 e. The highest BCUT2D eigenvalue weighted by Crippen LogP contribution is 2.36. The van der Waals surface area contributed by atoms with Crippen molar-refractivity contribution in [2.45, 2.75) is 11.8 Å². The molecule has 32 heavy (non-hydrogen) atoms. The summed E-state index contributed by atoms with van der Waals surface area (Å²) in [7, 11) is -4.10. The van der Waals surface area contributed by atoms with E-state index in [1.54, 1.807) is 25.3 Å². The van der Waals surface area contributed by atoms with Crippen LogP contribution in [-0.4, -0.2) is 26.2 Å². The third-order valence-electron chi connectivity index (χ3n) is 4.05. The van der Waals surface area contributed by atoms with E-state index >= 15 is 0 Å². The van der Waals surface area contributed by atoms with E-state index in [9.17, 15) is 18.5 Å². The Morgan fingerprint density at radius 3 is 2.38 bits per heavy atom. The van der Waals surface area contributed by atoms with Gasteiger partial charge in [-0.15, -0.1) is 0 Å². The Hall–Kier alpha value is -2.70. The van der Waals surface area contributed by atoms with Crippen molar-refractivity contribution in [3.05, 3.63) is 84.9 Å². The fourth-order valence-electron chi connectivity index (χ4n) is 2.57. The second kappa shape index (κ2) is 10.3. The molecule has 0 heterocycles. The van der Waals surface area contributed by atoms with Gasteiger partial charge in [0, 0.05) is 23.4 Å². The monoisotopic (exact) mass is 586 g/mol. The lowest BCUT2D eigenvalue weighted by Gasteiger charge is -2.14. The summed E-state index contributed by atoms with van der Waals surface area (Å²) in [5, 5.41) is 11.2. The van der Waals surface area contributed by atoms with Crippen LogP contribution in [0.2, 0.25) is 5.02 Å². The van der Waals surface area contributed by atoms with Gasteiger partial charge in [0.05, 0.1) is 20.8 Å². The molecule has 0 saturated heterocycles. The normalized spacial score (nSPS) is 11.5. The molecule has 166 valence electrons. The molecule has 0 aliphatic heterocycles. The average Bonchev–Trinajstić information content (AvgIpc) is 2.75. The van der Waals surface area contributed by atoms with Crippen LogP contribution in [0.25, 0.3) is 0 Å². The number of aliphatic imine (C=N–C) groups is 1. The summed E-state index contributed by atoms with van der Waals surface area (Å²) in [6.45, 7) is 2.05. The highest BCUT2D eigenvalue weighted by molar-refractivity contribution is 14.1. The van der Waals surface area contributed by atoms with Crippen molar-refractivity contribution in [2.75, 3.05) is 6.61 Å². The van der Waals surface area contributed by atoms with Crippen LogP contribution < -0.4 is 8.92 Å². The van der Waals surface area contributed by atoms with Crippen LogP contribution >= 0.6 is 34.2 Å². The van der Waals surface area contributed by atoms with Gasteiger partial charge in [-0.25, -0.2) is 0 Å². The summed E-state index contributed by atoms with van der Waals surface area (Å²) in [6.07, 6.45) is 1.54. The lowest BCUT2D eigenvalue weighted by Crippen LogP contribution is -2.12. The Bertz CT molecular complexity index is 1260. The first-order chi connectivity index (χ1) is 15.2. The van der Waals surface area contributed by atoms with Gasteiger partial charge in [0.2, 0.25) is 0 Å². The number of hydrogen-bond acceptors (Lipinski definition) is 7. The summed E-state index contributed by atoms with van der Waals surface area (Å²) in [4.78, 5) is 14.5. The molecule has 0 N–H and O–H groups in total. The summed E-state index contributed by atoms with van der Waals surface area (Å²) in [5.74, 6) is 0.303. The number of nitro groups is 1. The predicted molar refractivity (Wildman–Crippen MR) is 130 cm³/mol. The van der Waals surface area contributed by atoms with E-state index in [4.69, 9.17) is 20.5 Å². The topological polar surface area (TPSA) is 108 Å². The minimum Gasteiger partial charge on any atom is -0.490 e. The molecule has 0 saturated carbocycles. The van der Waals surface area contributed by atoms with Gasteiger partial charge < -0.3 is 8.92 Å². The molecule has 0 atom stereocenters. The summed E-state index contributed by atoms with van der Waals surface area (Å²) >= 11 is 7.78. The Balaban J connectivity index is 1.90. The molecule has 0 amide bonds. The quantitative estimate of drug-likeness (QED) is 0.109. The lowest BCUT2D eigenvalue weighted by molar-refractivity contribution is -0.384. The summed E-state index contributed by atoms with van der Waals surface area (Å²) in [6, 6.07) is 14.7. The first-order valence-corrected chi connectivity index (χ1v) is 12.0. The van der Waals surface area contributed by atoms with E-state index < -0.39 is 15.0 Å². The second-order valence-corrected chi connectivity index (χ2v) is 9.43. The molecule has 0 aliphatic carbocycles. The number of non-ortho nitro benzene ring substituents is 1. The molecule has 3 aromatic rings. The molecule has 0 radical (unpaired) electrons. The molecule has 0 unspecified atom stereocenters. The maximum Gasteiger partial charge on any atom is 0.339 e. The molecule has 0 bridgehead atoms. The first-order valence-electron chi connectivity index (χ1n) is 9.14. The van der Waals surface area contributed by atoms with Gasteiger partial charge in [0.1, 0.15) is 4.90 Å². The number of ether oxygens (including phenoxy) is 1. The van der Waals surface area contributed by atoms with Crippen molar-refractivity contribution in [2.24, 2.45) is 4.99 Å². The van der Waals surface area contributed by atoms with Gasteiger partial charge in [-0.1, -0.05) is 11.6 Å². The zero-order valence-electron chi connectivity index (χ0n) is 16.6. The highest BCUT2D eigenvalue weighted by Gasteiger charge is 2.22. The van der Waals surface area contributed by atoms with Gasteiger partial charge in [-0.2, -0.15) is 8.42 Å². The number of hydrogen-bond donors (Lipinski definition) is 0. The lowest BCUT2D eigenvalue weighted by atomic mass is 10.2. The maximum absolute atomic E-state index is 12.7. The SMILES string of the molecule is CCOc1cc(C=Nc2ccc([N+](=O)[O-])cc2)cc(I)c1OS(=O)(=O)c1ccc(Cl)cc1. The molecule has 3 rings (SSSR count). The Morgan fingerprint density at radius 2 is 1.78 bits per heavy atom. The van der Waals surface area contributed by atoms with Crippen LogP contribution in [0.15, 0.2) is 70.6 Å². The second-order valence-electron chi connectivity index (χ2n) is 6.29. The predicted octanol–water partition coefficient (Wildman–Crippen LogP) is 5.77. The van der Waals surface area contributed by atoms with Gasteiger partial charge in [-0.05, 0) is 83.6 Å². The minimum absolute atomic E-state index is 0.0273. The van der Waals surface area contributed by atoms with E-state index in [1.807, 2.05) is 22.6 Å². The van der Waals surface area contributed by atoms with Gasteiger partial charge in [-0.3, -0.25) is 15.1 Å². The van der Waals surface area contributed by atoms with Crippen LogP contribution in [0.4, 0.5) is 11.4 Å². The fraction of sp³-hybridized carbons (Fsp3) is 0.0952. The molecular formula is C21H16ClIN2O6S. The van der Waals surface area contributed by atoms with Crippen LogP contribution in [-0.2, 0) is 10.1 Å². The Labute approximate surface area is 203 Å². The van der Waals surface area contributed by atoms with Crippen molar-refractivity contribution >= 4 is 61.9 Å².